The lowest BCUT2D eigenvalue weighted by molar-refractivity contribution is 0.844. The van der Waals surface area contributed by atoms with Gasteiger partial charge in [0, 0.05) is 11.8 Å². The molecule has 15 heavy (non-hydrogen) atoms. The van der Waals surface area contributed by atoms with E-state index in [-0.39, 0.29) is 0 Å². The van der Waals surface area contributed by atoms with E-state index in [2.05, 4.69) is 16.9 Å². The molecule has 0 N–H and O–H groups in total. The first kappa shape index (κ1) is 10.7. The van der Waals surface area contributed by atoms with Crippen LogP contribution in [0.1, 0.15) is 19.2 Å². The van der Waals surface area contributed by atoms with Crippen molar-refractivity contribution in [3.8, 4) is 0 Å². The highest BCUT2D eigenvalue weighted by Gasteiger charge is 2.07. The molecule has 2 nitrogen and oxygen atoms in total. The molecule has 0 aliphatic carbocycles. The summed E-state index contributed by atoms with van der Waals surface area (Å²) in [6.07, 6.45) is 1.81. The number of rotatable bonds is 2. The molecule has 0 aliphatic heterocycles. The first-order chi connectivity index (χ1) is 7.22. The minimum atomic E-state index is 0.478. The van der Waals surface area contributed by atoms with Gasteiger partial charge in [-0.1, -0.05) is 36.2 Å². The second-order valence-corrected chi connectivity index (χ2v) is 4.08. The fourth-order valence-electron chi connectivity index (χ4n) is 1.46. The Labute approximate surface area is 98.3 Å². The van der Waals surface area contributed by atoms with Crippen molar-refractivity contribution in [1.82, 2.24) is 9.97 Å². The monoisotopic (exact) mass is 240 g/mol. The molecule has 1 aromatic heterocycles. The molecule has 0 unspecified atom stereocenters. The maximum atomic E-state index is 6.06. The van der Waals surface area contributed by atoms with Gasteiger partial charge < -0.3 is 0 Å². The topological polar surface area (TPSA) is 25.8 Å². The van der Waals surface area contributed by atoms with Crippen LogP contribution in [0.3, 0.4) is 0 Å². The highest BCUT2D eigenvalue weighted by Crippen LogP contribution is 2.26. The van der Waals surface area contributed by atoms with Crippen molar-refractivity contribution in [3.63, 3.8) is 0 Å². The van der Waals surface area contributed by atoms with Gasteiger partial charge >= 0.3 is 0 Å². The van der Waals surface area contributed by atoms with E-state index >= 15 is 0 Å². The van der Waals surface area contributed by atoms with E-state index in [4.69, 9.17) is 23.2 Å². The SMILES string of the molecule is CCCc1nc(Cl)c2cccc(Cl)c2n1. The van der Waals surface area contributed by atoms with E-state index in [0.29, 0.717) is 10.2 Å². The van der Waals surface area contributed by atoms with Crippen LogP contribution in [-0.2, 0) is 6.42 Å². The van der Waals surface area contributed by atoms with Crippen LogP contribution in [0.15, 0.2) is 18.2 Å². The number of halogens is 2. The van der Waals surface area contributed by atoms with Crippen molar-refractivity contribution in [2.45, 2.75) is 19.8 Å². The Bertz CT molecular complexity index is 497. The summed E-state index contributed by atoms with van der Waals surface area (Å²) < 4.78 is 0. The third-order valence-corrected chi connectivity index (χ3v) is 2.74. The molecule has 0 aliphatic rings. The number of para-hydroxylation sites is 1. The molecule has 4 heteroatoms. The standard InChI is InChI=1S/C11H10Cl2N2/c1-2-4-9-14-10-7(11(13)15-9)5-3-6-8(10)12/h3,5-6H,2,4H2,1H3. The van der Waals surface area contributed by atoms with Crippen molar-refractivity contribution >= 4 is 34.1 Å². The second kappa shape index (κ2) is 4.33. The third kappa shape index (κ3) is 2.06. The van der Waals surface area contributed by atoms with Gasteiger partial charge in [0.2, 0.25) is 0 Å². The van der Waals surface area contributed by atoms with Crippen molar-refractivity contribution < 1.29 is 0 Å². The van der Waals surface area contributed by atoms with Crippen molar-refractivity contribution in [2.75, 3.05) is 0 Å². The Morgan fingerprint density at radius 1 is 1.20 bits per heavy atom. The molecule has 0 fully saturated rings. The van der Waals surface area contributed by atoms with Crippen LogP contribution >= 0.6 is 23.2 Å². The first-order valence-electron chi connectivity index (χ1n) is 4.83. The summed E-state index contributed by atoms with van der Waals surface area (Å²) in [4.78, 5) is 8.63. The lowest BCUT2D eigenvalue weighted by atomic mass is 10.2. The van der Waals surface area contributed by atoms with Gasteiger partial charge in [0.1, 0.15) is 11.0 Å². The predicted molar refractivity (Wildman–Crippen MR) is 63.6 cm³/mol. The highest BCUT2D eigenvalue weighted by atomic mass is 35.5. The van der Waals surface area contributed by atoms with Gasteiger partial charge in [-0.05, 0) is 18.6 Å². The smallest absolute Gasteiger partial charge is 0.140 e. The number of fused-ring (bicyclic) bond motifs is 1. The van der Waals surface area contributed by atoms with Crippen LogP contribution in [0.4, 0.5) is 0 Å². The van der Waals surface area contributed by atoms with Crippen molar-refractivity contribution in [2.24, 2.45) is 0 Å². The fourth-order valence-corrected chi connectivity index (χ4v) is 1.93. The van der Waals surface area contributed by atoms with Crippen LogP contribution in [0.2, 0.25) is 10.2 Å². The fraction of sp³-hybridized carbons (Fsp3) is 0.273. The summed E-state index contributed by atoms with van der Waals surface area (Å²) >= 11 is 12.1. The maximum Gasteiger partial charge on any atom is 0.140 e. The zero-order chi connectivity index (χ0) is 10.8. The number of hydrogen-bond acceptors (Lipinski definition) is 2. The Kier molecular flexibility index (Phi) is 3.08. The van der Waals surface area contributed by atoms with Gasteiger partial charge in [0.25, 0.3) is 0 Å². The molecule has 0 radical (unpaired) electrons. The average molecular weight is 241 g/mol. The van der Waals surface area contributed by atoms with Crippen LogP contribution in [0.25, 0.3) is 10.9 Å². The third-order valence-electron chi connectivity index (χ3n) is 2.15. The van der Waals surface area contributed by atoms with Gasteiger partial charge in [-0.25, -0.2) is 9.97 Å². The molecule has 0 bridgehead atoms. The highest BCUT2D eigenvalue weighted by molar-refractivity contribution is 6.38. The van der Waals surface area contributed by atoms with Gasteiger partial charge in [-0.3, -0.25) is 0 Å². The molecule has 2 aromatic rings. The first-order valence-corrected chi connectivity index (χ1v) is 5.58. The molecule has 1 aromatic carbocycles. The maximum absolute atomic E-state index is 6.06. The molecular formula is C11H10Cl2N2. The summed E-state index contributed by atoms with van der Waals surface area (Å²) in [6.45, 7) is 2.08. The summed E-state index contributed by atoms with van der Waals surface area (Å²) in [5.74, 6) is 0.753. The van der Waals surface area contributed by atoms with Crippen molar-refractivity contribution in [3.05, 3.63) is 34.2 Å². The minimum Gasteiger partial charge on any atom is -0.231 e. The van der Waals surface area contributed by atoms with E-state index < -0.39 is 0 Å². The average Bonchev–Trinajstić information content (AvgIpc) is 2.20. The van der Waals surface area contributed by atoms with E-state index in [0.717, 1.165) is 29.6 Å². The molecule has 78 valence electrons. The largest absolute Gasteiger partial charge is 0.231 e. The Morgan fingerprint density at radius 2 is 2.00 bits per heavy atom. The van der Waals surface area contributed by atoms with Gasteiger partial charge in [0.05, 0.1) is 10.5 Å². The molecule has 0 saturated heterocycles. The van der Waals surface area contributed by atoms with E-state index in [1.54, 1.807) is 0 Å². The van der Waals surface area contributed by atoms with Crippen LogP contribution in [-0.4, -0.2) is 9.97 Å². The molecule has 0 atom stereocenters. The Balaban J connectivity index is 2.68. The zero-order valence-electron chi connectivity index (χ0n) is 8.30. The summed E-state index contributed by atoms with van der Waals surface area (Å²) in [5.41, 5.74) is 0.739. The molecular weight excluding hydrogens is 231 g/mol. The second-order valence-electron chi connectivity index (χ2n) is 3.32. The number of aromatic nitrogens is 2. The van der Waals surface area contributed by atoms with E-state index in [1.807, 2.05) is 18.2 Å². The van der Waals surface area contributed by atoms with Crippen molar-refractivity contribution in [1.29, 1.82) is 0 Å². The normalized spacial score (nSPS) is 10.9. The quantitative estimate of drug-likeness (QED) is 0.745. The molecule has 0 spiro atoms. The summed E-state index contributed by atoms with van der Waals surface area (Å²) in [7, 11) is 0. The number of benzene rings is 1. The summed E-state index contributed by atoms with van der Waals surface area (Å²) in [5, 5.41) is 1.91. The molecule has 2 rings (SSSR count). The summed E-state index contributed by atoms with van der Waals surface area (Å²) in [6, 6.07) is 5.53. The molecule has 0 amide bonds. The van der Waals surface area contributed by atoms with Crippen LogP contribution in [0.5, 0.6) is 0 Å². The van der Waals surface area contributed by atoms with E-state index in [9.17, 15) is 0 Å². The Hall–Kier alpha value is -0.860. The van der Waals surface area contributed by atoms with E-state index in [1.165, 1.54) is 0 Å². The molecule has 0 saturated carbocycles. The lowest BCUT2D eigenvalue weighted by Crippen LogP contribution is -1.96. The minimum absolute atomic E-state index is 0.478. The number of hydrogen-bond donors (Lipinski definition) is 0. The van der Waals surface area contributed by atoms with Gasteiger partial charge in [-0.15, -0.1) is 0 Å². The number of nitrogens with zero attached hydrogens (tertiary/aromatic N) is 2. The predicted octanol–water partition coefficient (Wildman–Crippen LogP) is 3.89. The molecule has 1 heterocycles. The van der Waals surface area contributed by atoms with Crippen LogP contribution < -0.4 is 0 Å². The van der Waals surface area contributed by atoms with Gasteiger partial charge in [-0.2, -0.15) is 0 Å². The lowest BCUT2D eigenvalue weighted by Gasteiger charge is -2.04. The van der Waals surface area contributed by atoms with Gasteiger partial charge in [0.15, 0.2) is 0 Å². The van der Waals surface area contributed by atoms with Crippen LogP contribution in [0, 0.1) is 0 Å². The number of aryl methyl sites for hydroxylation is 1. The Morgan fingerprint density at radius 3 is 2.73 bits per heavy atom. The zero-order valence-corrected chi connectivity index (χ0v) is 9.81.